The highest BCUT2D eigenvalue weighted by molar-refractivity contribution is 6.35. The van der Waals surface area contributed by atoms with E-state index in [2.05, 4.69) is 16.4 Å². The van der Waals surface area contributed by atoms with Crippen molar-refractivity contribution in [2.24, 2.45) is 0 Å². The summed E-state index contributed by atoms with van der Waals surface area (Å²) < 4.78 is 5.85. The van der Waals surface area contributed by atoms with E-state index in [4.69, 9.17) is 27.9 Å². The zero-order valence-corrected chi connectivity index (χ0v) is 15.1. The molecule has 0 aliphatic carbocycles. The van der Waals surface area contributed by atoms with Crippen molar-refractivity contribution in [3.8, 4) is 5.75 Å². The molecule has 0 amide bonds. The third-order valence-corrected chi connectivity index (χ3v) is 4.41. The predicted molar refractivity (Wildman–Crippen MR) is 102 cm³/mol. The molecule has 1 heterocycles. The van der Waals surface area contributed by atoms with E-state index in [1.165, 1.54) is 0 Å². The fourth-order valence-electron chi connectivity index (χ4n) is 2.41. The molecule has 128 valence electrons. The molecule has 0 fully saturated rings. The van der Waals surface area contributed by atoms with Crippen LogP contribution in [0.15, 0.2) is 66.9 Å². The Morgan fingerprint density at radius 1 is 0.880 bits per heavy atom. The van der Waals surface area contributed by atoms with Crippen LogP contribution in [0.2, 0.25) is 10.0 Å². The van der Waals surface area contributed by atoms with Gasteiger partial charge in [0.25, 0.3) is 0 Å². The van der Waals surface area contributed by atoms with E-state index in [1.807, 2.05) is 54.6 Å². The van der Waals surface area contributed by atoms with E-state index in [9.17, 15) is 0 Å². The van der Waals surface area contributed by atoms with Crippen LogP contribution in [-0.2, 0) is 19.7 Å². The Bertz CT molecular complexity index is 805. The van der Waals surface area contributed by atoms with E-state index in [-0.39, 0.29) is 0 Å². The van der Waals surface area contributed by atoms with Gasteiger partial charge in [0.15, 0.2) is 0 Å². The minimum absolute atomic E-state index is 0.337. The summed E-state index contributed by atoms with van der Waals surface area (Å²) in [6, 6.07) is 19.3. The van der Waals surface area contributed by atoms with Crippen molar-refractivity contribution >= 4 is 23.2 Å². The Balaban J connectivity index is 1.56. The molecule has 1 aromatic heterocycles. The molecule has 2 aromatic carbocycles. The monoisotopic (exact) mass is 372 g/mol. The Hall–Kier alpha value is -2.07. The summed E-state index contributed by atoms with van der Waals surface area (Å²) >= 11 is 12.3. The third-order valence-electron chi connectivity index (χ3n) is 3.70. The number of benzene rings is 2. The Morgan fingerprint density at radius 3 is 2.44 bits per heavy atom. The summed E-state index contributed by atoms with van der Waals surface area (Å²) in [7, 11) is 0. The quantitative estimate of drug-likeness (QED) is 0.614. The van der Waals surface area contributed by atoms with Crippen LogP contribution in [0.5, 0.6) is 5.75 Å². The predicted octanol–water partition coefficient (Wildman–Crippen LogP) is 5.26. The minimum atomic E-state index is 0.337. The van der Waals surface area contributed by atoms with Crippen molar-refractivity contribution in [3.05, 3.63) is 93.7 Å². The van der Waals surface area contributed by atoms with Gasteiger partial charge in [0, 0.05) is 34.9 Å². The lowest BCUT2D eigenvalue weighted by Gasteiger charge is -2.11. The normalized spacial score (nSPS) is 10.6. The van der Waals surface area contributed by atoms with Gasteiger partial charge >= 0.3 is 0 Å². The second-order valence-corrected chi connectivity index (χ2v) is 6.38. The zero-order chi connectivity index (χ0) is 17.5. The molecular formula is C20H18Cl2N2O. The first-order valence-corrected chi connectivity index (χ1v) is 8.73. The van der Waals surface area contributed by atoms with Gasteiger partial charge in [-0.05, 0) is 42.0 Å². The Labute approximate surface area is 157 Å². The fourth-order valence-corrected chi connectivity index (χ4v) is 2.92. The SMILES string of the molecule is Clc1cccc(Cl)c1COc1cccc(CNCc2ccccn2)c1. The number of aromatic nitrogens is 1. The van der Waals surface area contributed by atoms with E-state index < -0.39 is 0 Å². The highest BCUT2D eigenvalue weighted by Gasteiger charge is 2.06. The first-order valence-electron chi connectivity index (χ1n) is 7.97. The van der Waals surface area contributed by atoms with Crippen LogP contribution in [0.25, 0.3) is 0 Å². The van der Waals surface area contributed by atoms with Crippen molar-refractivity contribution in [1.29, 1.82) is 0 Å². The van der Waals surface area contributed by atoms with E-state index in [0.717, 1.165) is 35.7 Å². The lowest BCUT2D eigenvalue weighted by molar-refractivity contribution is 0.306. The van der Waals surface area contributed by atoms with Crippen LogP contribution < -0.4 is 10.1 Å². The van der Waals surface area contributed by atoms with Gasteiger partial charge in [-0.3, -0.25) is 4.98 Å². The topological polar surface area (TPSA) is 34.1 Å². The van der Waals surface area contributed by atoms with Gasteiger partial charge in [-0.1, -0.05) is 47.5 Å². The molecule has 0 unspecified atom stereocenters. The number of pyridine rings is 1. The number of rotatable bonds is 7. The van der Waals surface area contributed by atoms with Gasteiger partial charge in [-0.2, -0.15) is 0 Å². The molecule has 0 saturated carbocycles. The van der Waals surface area contributed by atoms with Crippen LogP contribution in [-0.4, -0.2) is 4.98 Å². The first-order chi connectivity index (χ1) is 12.2. The number of hydrogen-bond donors (Lipinski definition) is 1. The number of nitrogens with zero attached hydrogens (tertiary/aromatic N) is 1. The third kappa shape index (κ3) is 5.20. The smallest absolute Gasteiger partial charge is 0.120 e. The minimum Gasteiger partial charge on any atom is -0.489 e. The van der Waals surface area contributed by atoms with Crippen molar-refractivity contribution in [2.75, 3.05) is 0 Å². The molecular weight excluding hydrogens is 355 g/mol. The Morgan fingerprint density at radius 2 is 1.68 bits per heavy atom. The van der Waals surface area contributed by atoms with Crippen molar-refractivity contribution < 1.29 is 4.74 Å². The molecule has 3 nitrogen and oxygen atoms in total. The highest BCUT2D eigenvalue weighted by Crippen LogP contribution is 2.26. The molecule has 0 saturated heterocycles. The van der Waals surface area contributed by atoms with Gasteiger partial charge in [0.2, 0.25) is 0 Å². The second-order valence-electron chi connectivity index (χ2n) is 5.56. The first kappa shape index (κ1) is 17.7. The standard InChI is InChI=1S/C20H18Cl2N2O/c21-19-8-4-9-20(22)18(19)14-25-17-7-3-5-15(11-17)12-23-13-16-6-1-2-10-24-16/h1-11,23H,12-14H2. The maximum absolute atomic E-state index is 6.17. The molecule has 1 N–H and O–H groups in total. The molecule has 5 heteroatoms. The van der Waals surface area contributed by atoms with Gasteiger partial charge in [0.05, 0.1) is 5.69 Å². The molecule has 0 atom stereocenters. The summed E-state index contributed by atoms with van der Waals surface area (Å²) in [5, 5.41) is 4.60. The molecule has 0 radical (unpaired) electrons. The highest BCUT2D eigenvalue weighted by atomic mass is 35.5. The second kappa shape index (κ2) is 8.86. The van der Waals surface area contributed by atoms with Crippen LogP contribution in [0.3, 0.4) is 0 Å². The molecule has 25 heavy (non-hydrogen) atoms. The molecule has 0 spiro atoms. The van der Waals surface area contributed by atoms with Crippen molar-refractivity contribution in [3.63, 3.8) is 0 Å². The summed E-state index contributed by atoms with van der Waals surface area (Å²) in [6.07, 6.45) is 1.80. The number of hydrogen-bond acceptors (Lipinski definition) is 3. The van der Waals surface area contributed by atoms with Crippen molar-refractivity contribution in [2.45, 2.75) is 19.7 Å². The summed E-state index contributed by atoms with van der Waals surface area (Å²) in [4.78, 5) is 4.29. The molecule has 3 rings (SSSR count). The molecule has 0 bridgehead atoms. The van der Waals surface area contributed by atoms with Crippen LogP contribution in [0.4, 0.5) is 0 Å². The maximum Gasteiger partial charge on any atom is 0.120 e. The van der Waals surface area contributed by atoms with Crippen molar-refractivity contribution in [1.82, 2.24) is 10.3 Å². The Kier molecular flexibility index (Phi) is 6.29. The molecule has 0 aliphatic rings. The fraction of sp³-hybridized carbons (Fsp3) is 0.150. The number of halogens is 2. The zero-order valence-electron chi connectivity index (χ0n) is 13.6. The number of ether oxygens (including phenoxy) is 1. The van der Waals surface area contributed by atoms with Gasteiger partial charge in [-0.25, -0.2) is 0 Å². The summed E-state index contributed by atoms with van der Waals surface area (Å²) in [6.45, 7) is 1.80. The molecule has 3 aromatic rings. The van der Waals surface area contributed by atoms with Crippen LogP contribution >= 0.6 is 23.2 Å². The van der Waals surface area contributed by atoms with Gasteiger partial charge in [0.1, 0.15) is 12.4 Å². The molecule has 0 aliphatic heterocycles. The lowest BCUT2D eigenvalue weighted by Crippen LogP contribution is -2.13. The maximum atomic E-state index is 6.17. The summed E-state index contributed by atoms with van der Waals surface area (Å²) in [5.74, 6) is 0.785. The average Bonchev–Trinajstić information content (AvgIpc) is 2.63. The van der Waals surface area contributed by atoms with Crippen LogP contribution in [0.1, 0.15) is 16.8 Å². The van der Waals surface area contributed by atoms with E-state index in [1.54, 1.807) is 6.20 Å². The van der Waals surface area contributed by atoms with E-state index >= 15 is 0 Å². The lowest BCUT2D eigenvalue weighted by atomic mass is 10.2. The largest absolute Gasteiger partial charge is 0.489 e. The summed E-state index contributed by atoms with van der Waals surface area (Å²) in [5.41, 5.74) is 2.95. The van der Waals surface area contributed by atoms with Gasteiger partial charge < -0.3 is 10.1 Å². The van der Waals surface area contributed by atoms with Crippen LogP contribution in [0, 0.1) is 0 Å². The van der Waals surface area contributed by atoms with Gasteiger partial charge in [-0.15, -0.1) is 0 Å². The number of nitrogens with one attached hydrogen (secondary N) is 1. The van der Waals surface area contributed by atoms with E-state index in [0.29, 0.717) is 16.7 Å². The average molecular weight is 373 g/mol.